The van der Waals surface area contributed by atoms with E-state index in [4.69, 9.17) is 5.73 Å². The molecule has 0 saturated carbocycles. The standard InChI is InChI=1S/C11H24N4O2S.HI/c1-9(2)6-13-11(12)14-7-10-4-5-15(8-10)18(3,16)17;/h9-10H,4-8H2,1-3H3,(H3,12,13,14);1H. The lowest BCUT2D eigenvalue weighted by Gasteiger charge is -2.14. The van der Waals surface area contributed by atoms with Crippen LogP contribution in [0, 0.1) is 11.8 Å². The summed E-state index contributed by atoms with van der Waals surface area (Å²) in [5.74, 6) is 1.24. The molecular formula is C11H25IN4O2S. The van der Waals surface area contributed by atoms with E-state index in [0.29, 0.717) is 44.0 Å². The van der Waals surface area contributed by atoms with Crippen LogP contribution in [0.2, 0.25) is 0 Å². The third kappa shape index (κ3) is 7.31. The van der Waals surface area contributed by atoms with E-state index in [1.54, 1.807) is 0 Å². The zero-order valence-corrected chi connectivity index (χ0v) is 14.9. The molecule has 1 fully saturated rings. The molecule has 0 amide bonds. The maximum absolute atomic E-state index is 11.4. The molecule has 1 atom stereocenters. The number of nitrogens with one attached hydrogen (secondary N) is 1. The summed E-state index contributed by atoms with van der Waals surface area (Å²) in [6.45, 7) is 6.73. The number of hydrogen-bond acceptors (Lipinski definition) is 3. The monoisotopic (exact) mass is 404 g/mol. The topological polar surface area (TPSA) is 87.8 Å². The second-order valence-electron chi connectivity index (χ2n) is 5.28. The molecule has 1 unspecified atom stereocenters. The van der Waals surface area contributed by atoms with Crippen LogP contribution in [-0.4, -0.2) is 51.1 Å². The van der Waals surface area contributed by atoms with Crippen molar-refractivity contribution in [3.8, 4) is 0 Å². The quantitative estimate of drug-likeness (QED) is 0.396. The van der Waals surface area contributed by atoms with Crippen molar-refractivity contribution < 1.29 is 8.42 Å². The van der Waals surface area contributed by atoms with Crippen LogP contribution in [-0.2, 0) is 10.0 Å². The minimum absolute atomic E-state index is 0. The van der Waals surface area contributed by atoms with E-state index in [1.165, 1.54) is 10.6 Å². The Kier molecular flexibility index (Phi) is 8.21. The zero-order chi connectivity index (χ0) is 13.8. The molecule has 1 rings (SSSR count). The molecule has 1 heterocycles. The van der Waals surface area contributed by atoms with E-state index in [1.807, 2.05) is 0 Å². The largest absolute Gasteiger partial charge is 0.370 e. The van der Waals surface area contributed by atoms with Gasteiger partial charge in [-0.2, -0.15) is 0 Å². The number of nitrogens with two attached hydrogens (primary N) is 1. The Morgan fingerprint density at radius 3 is 2.63 bits per heavy atom. The van der Waals surface area contributed by atoms with Gasteiger partial charge in [-0.15, -0.1) is 24.0 Å². The minimum Gasteiger partial charge on any atom is -0.370 e. The first-order chi connectivity index (χ1) is 8.29. The predicted molar refractivity (Wildman–Crippen MR) is 89.3 cm³/mol. The summed E-state index contributed by atoms with van der Waals surface area (Å²) in [5, 5.41) is 3.06. The van der Waals surface area contributed by atoms with Crippen molar-refractivity contribution in [2.75, 3.05) is 32.4 Å². The summed E-state index contributed by atoms with van der Waals surface area (Å²) in [4.78, 5) is 4.20. The smallest absolute Gasteiger partial charge is 0.211 e. The fourth-order valence-electron chi connectivity index (χ4n) is 1.85. The molecule has 1 aliphatic rings. The fourth-order valence-corrected chi connectivity index (χ4v) is 2.77. The van der Waals surface area contributed by atoms with Gasteiger partial charge in [0.25, 0.3) is 0 Å². The maximum Gasteiger partial charge on any atom is 0.211 e. The first kappa shape index (κ1) is 18.9. The summed E-state index contributed by atoms with van der Waals surface area (Å²) in [6.07, 6.45) is 2.12. The Labute approximate surface area is 133 Å². The van der Waals surface area contributed by atoms with Crippen LogP contribution >= 0.6 is 24.0 Å². The normalized spacial score (nSPS) is 21.5. The van der Waals surface area contributed by atoms with Crippen LogP contribution in [0.5, 0.6) is 0 Å². The van der Waals surface area contributed by atoms with Crippen molar-refractivity contribution in [3.63, 3.8) is 0 Å². The highest BCUT2D eigenvalue weighted by Gasteiger charge is 2.28. The molecule has 114 valence electrons. The lowest BCUT2D eigenvalue weighted by atomic mass is 10.1. The number of rotatable bonds is 5. The van der Waals surface area contributed by atoms with Gasteiger partial charge in [-0.1, -0.05) is 13.8 Å². The average Bonchev–Trinajstić information content (AvgIpc) is 2.71. The lowest BCUT2D eigenvalue weighted by Crippen LogP contribution is -2.37. The summed E-state index contributed by atoms with van der Waals surface area (Å²) >= 11 is 0. The second-order valence-corrected chi connectivity index (χ2v) is 7.26. The number of hydrogen-bond donors (Lipinski definition) is 2. The molecule has 1 aliphatic heterocycles. The van der Waals surface area contributed by atoms with E-state index in [0.717, 1.165) is 6.42 Å². The molecule has 0 radical (unpaired) electrons. The maximum atomic E-state index is 11.4. The van der Waals surface area contributed by atoms with Gasteiger partial charge in [0.05, 0.1) is 6.26 Å². The van der Waals surface area contributed by atoms with Gasteiger partial charge in [0.2, 0.25) is 10.0 Å². The first-order valence-electron chi connectivity index (χ1n) is 6.28. The lowest BCUT2D eigenvalue weighted by molar-refractivity contribution is 0.459. The number of aliphatic imine (C=N–C) groups is 1. The van der Waals surface area contributed by atoms with Gasteiger partial charge in [-0.05, 0) is 18.3 Å². The Morgan fingerprint density at radius 1 is 1.53 bits per heavy atom. The Bertz CT molecular complexity index is 397. The molecule has 8 heteroatoms. The molecule has 19 heavy (non-hydrogen) atoms. The highest BCUT2D eigenvalue weighted by atomic mass is 127. The molecule has 0 bridgehead atoms. The van der Waals surface area contributed by atoms with Gasteiger partial charge in [-0.3, -0.25) is 4.99 Å². The van der Waals surface area contributed by atoms with Gasteiger partial charge < -0.3 is 11.1 Å². The highest BCUT2D eigenvalue weighted by Crippen LogP contribution is 2.17. The molecule has 0 aromatic rings. The van der Waals surface area contributed by atoms with Crippen LogP contribution in [0.25, 0.3) is 0 Å². The third-order valence-corrected chi connectivity index (χ3v) is 4.19. The van der Waals surface area contributed by atoms with Crippen molar-refractivity contribution in [2.24, 2.45) is 22.6 Å². The highest BCUT2D eigenvalue weighted by molar-refractivity contribution is 14.0. The number of sulfonamides is 1. The zero-order valence-electron chi connectivity index (χ0n) is 11.8. The predicted octanol–water partition coefficient (Wildman–Crippen LogP) is 0.446. The van der Waals surface area contributed by atoms with Crippen LogP contribution in [0.3, 0.4) is 0 Å². The SMILES string of the molecule is CC(C)CN=C(N)NCC1CCN(S(C)(=O)=O)C1.I. The van der Waals surface area contributed by atoms with Crippen LogP contribution in [0.1, 0.15) is 20.3 Å². The van der Waals surface area contributed by atoms with E-state index < -0.39 is 10.0 Å². The summed E-state index contributed by atoms with van der Waals surface area (Å²) in [7, 11) is -3.05. The fraction of sp³-hybridized carbons (Fsp3) is 0.909. The first-order valence-corrected chi connectivity index (χ1v) is 8.12. The van der Waals surface area contributed by atoms with E-state index in [9.17, 15) is 8.42 Å². The number of nitrogens with zero attached hydrogens (tertiary/aromatic N) is 2. The van der Waals surface area contributed by atoms with Gasteiger partial charge in [0.15, 0.2) is 5.96 Å². The second kappa shape index (κ2) is 8.25. The molecule has 0 spiro atoms. The Hall–Kier alpha value is -0.0900. The summed E-state index contributed by atoms with van der Waals surface area (Å²) < 4.78 is 24.2. The van der Waals surface area contributed by atoms with Crippen LogP contribution < -0.4 is 11.1 Å². The summed E-state index contributed by atoms with van der Waals surface area (Å²) in [6, 6.07) is 0. The minimum atomic E-state index is -3.05. The molecule has 3 N–H and O–H groups in total. The van der Waals surface area contributed by atoms with Crippen molar-refractivity contribution in [1.29, 1.82) is 0 Å². The number of guanidine groups is 1. The van der Waals surface area contributed by atoms with Crippen molar-refractivity contribution in [3.05, 3.63) is 0 Å². The molecule has 1 saturated heterocycles. The van der Waals surface area contributed by atoms with E-state index in [-0.39, 0.29) is 24.0 Å². The van der Waals surface area contributed by atoms with Crippen molar-refractivity contribution in [1.82, 2.24) is 9.62 Å². The average molecular weight is 404 g/mol. The molecule has 0 aromatic carbocycles. The molecule has 0 aromatic heterocycles. The van der Waals surface area contributed by atoms with Crippen molar-refractivity contribution >= 4 is 40.0 Å². The molecule has 0 aliphatic carbocycles. The summed E-state index contributed by atoms with van der Waals surface area (Å²) in [5.41, 5.74) is 5.73. The van der Waals surface area contributed by atoms with Crippen molar-refractivity contribution in [2.45, 2.75) is 20.3 Å². The third-order valence-electron chi connectivity index (χ3n) is 2.92. The Balaban J connectivity index is 0.00000324. The van der Waals surface area contributed by atoms with E-state index in [2.05, 4.69) is 24.2 Å². The van der Waals surface area contributed by atoms with Crippen LogP contribution in [0.15, 0.2) is 4.99 Å². The molecule has 6 nitrogen and oxygen atoms in total. The van der Waals surface area contributed by atoms with E-state index >= 15 is 0 Å². The Morgan fingerprint density at radius 2 is 2.16 bits per heavy atom. The van der Waals surface area contributed by atoms with Crippen LogP contribution in [0.4, 0.5) is 0 Å². The number of halogens is 1. The van der Waals surface area contributed by atoms with Gasteiger partial charge >= 0.3 is 0 Å². The van der Waals surface area contributed by atoms with Gasteiger partial charge in [0, 0.05) is 26.2 Å². The molecular weight excluding hydrogens is 379 g/mol. The van der Waals surface area contributed by atoms with Gasteiger partial charge in [0.1, 0.15) is 0 Å². The van der Waals surface area contributed by atoms with Gasteiger partial charge in [-0.25, -0.2) is 12.7 Å².